The molecule has 4 N–H and O–H groups in total. The van der Waals surface area contributed by atoms with Crippen molar-refractivity contribution >= 4 is 23.9 Å². The second-order valence-electron chi connectivity index (χ2n) is 3.02. The van der Waals surface area contributed by atoms with Crippen LogP contribution in [0.5, 0.6) is 0 Å². The summed E-state index contributed by atoms with van der Waals surface area (Å²) in [6.07, 6.45) is -0.430. The third-order valence-corrected chi connectivity index (χ3v) is 2.24. The maximum Gasteiger partial charge on any atom is 0.333 e. The van der Waals surface area contributed by atoms with E-state index in [0.717, 1.165) is 0 Å². The van der Waals surface area contributed by atoms with E-state index in [1.165, 1.54) is 6.92 Å². The molecule has 0 saturated carbocycles. The smallest absolute Gasteiger partial charge is 0.333 e. The molecule has 0 aliphatic rings. The molecule has 0 fully saturated rings. The Hall–Kier alpha value is -0.743. The third-order valence-electron chi connectivity index (χ3n) is 2.24. The standard InChI is InChI=1S/C8H10O8.Ce/c1-2-3(4(9)10)8(5(11)12,6(13)14)7(15)16;/h3H,2H2,1H3,(H,9,10)(H,11,12)(H,13,14)(H,15,16);. The summed E-state index contributed by atoms with van der Waals surface area (Å²) in [5.74, 6) is -10.4. The molecular weight excluding hydrogens is 364 g/mol. The van der Waals surface area contributed by atoms with Crippen LogP contribution in [0.4, 0.5) is 0 Å². The number of aliphatic carboxylic acids is 4. The minimum Gasteiger partial charge on any atom is -0.481 e. The maximum atomic E-state index is 10.8. The molecule has 0 aliphatic heterocycles. The van der Waals surface area contributed by atoms with Gasteiger partial charge < -0.3 is 20.4 Å². The molecule has 0 bridgehead atoms. The van der Waals surface area contributed by atoms with Crippen LogP contribution in [0.1, 0.15) is 13.3 Å². The van der Waals surface area contributed by atoms with Gasteiger partial charge in [-0.2, -0.15) is 0 Å². The van der Waals surface area contributed by atoms with Gasteiger partial charge in [-0.15, -0.1) is 0 Å². The van der Waals surface area contributed by atoms with Gasteiger partial charge in [0.2, 0.25) is 0 Å². The molecule has 0 aromatic heterocycles. The van der Waals surface area contributed by atoms with Crippen molar-refractivity contribution < 1.29 is 81.4 Å². The molecule has 0 spiro atoms. The Bertz CT molecular complexity index is 313. The normalized spacial score (nSPS) is 12.1. The first-order chi connectivity index (χ1) is 7.22. The number of rotatable bonds is 6. The van der Waals surface area contributed by atoms with Gasteiger partial charge in [0.25, 0.3) is 5.41 Å². The fraction of sp³-hybridized carbons (Fsp3) is 0.500. The SMILES string of the molecule is CCC(C(=O)O)C(C(=O)O)(C(=O)O)C(=O)O.[Ce]. The molecule has 0 aliphatic carbocycles. The predicted molar refractivity (Wildman–Crippen MR) is 46.8 cm³/mol. The Labute approximate surface area is 129 Å². The molecule has 17 heavy (non-hydrogen) atoms. The van der Waals surface area contributed by atoms with Gasteiger partial charge in [0, 0.05) is 41.7 Å². The van der Waals surface area contributed by atoms with Crippen LogP contribution < -0.4 is 0 Å². The molecule has 9 heteroatoms. The molecule has 94 valence electrons. The van der Waals surface area contributed by atoms with Crippen molar-refractivity contribution in [3.63, 3.8) is 0 Å². The van der Waals surface area contributed by atoms with Crippen molar-refractivity contribution in [3.05, 3.63) is 0 Å². The first-order valence-electron chi connectivity index (χ1n) is 4.15. The molecule has 0 saturated heterocycles. The van der Waals surface area contributed by atoms with E-state index in [-0.39, 0.29) is 41.7 Å². The van der Waals surface area contributed by atoms with Crippen LogP contribution in [0, 0.1) is 53.1 Å². The zero-order chi connectivity index (χ0) is 13.1. The minimum absolute atomic E-state index is 0. The van der Waals surface area contributed by atoms with Crippen molar-refractivity contribution in [1.82, 2.24) is 0 Å². The zero-order valence-electron chi connectivity index (χ0n) is 8.71. The summed E-state index contributed by atoms with van der Waals surface area (Å²) >= 11 is 0. The van der Waals surface area contributed by atoms with E-state index in [9.17, 15) is 19.2 Å². The van der Waals surface area contributed by atoms with Crippen LogP contribution in [0.15, 0.2) is 0 Å². The van der Waals surface area contributed by atoms with Crippen LogP contribution in [-0.2, 0) is 19.2 Å². The molecule has 0 aromatic carbocycles. The molecule has 0 rings (SSSR count). The average molecular weight is 374 g/mol. The van der Waals surface area contributed by atoms with Crippen molar-refractivity contribution in [1.29, 1.82) is 0 Å². The fourth-order valence-corrected chi connectivity index (χ4v) is 1.39. The summed E-state index contributed by atoms with van der Waals surface area (Å²) in [5.41, 5.74) is -3.36. The van der Waals surface area contributed by atoms with Gasteiger partial charge >= 0.3 is 23.9 Å². The van der Waals surface area contributed by atoms with Crippen LogP contribution in [0.2, 0.25) is 0 Å². The van der Waals surface area contributed by atoms with Gasteiger partial charge in [-0.3, -0.25) is 19.2 Å². The Morgan fingerprint density at radius 1 is 0.941 bits per heavy atom. The predicted octanol–water partition coefficient (Wildman–Crippen LogP) is -0.663. The van der Waals surface area contributed by atoms with E-state index in [4.69, 9.17) is 20.4 Å². The number of carboxylic acid groups (broad SMARTS) is 4. The van der Waals surface area contributed by atoms with Crippen LogP contribution in [-0.4, -0.2) is 44.3 Å². The monoisotopic (exact) mass is 374 g/mol. The van der Waals surface area contributed by atoms with E-state index < -0.39 is 41.6 Å². The molecule has 0 aromatic rings. The first-order valence-corrected chi connectivity index (χ1v) is 4.15. The summed E-state index contributed by atoms with van der Waals surface area (Å²) < 4.78 is 0. The first kappa shape index (κ1) is 18.6. The molecule has 8 nitrogen and oxygen atoms in total. The van der Waals surface area contributed by atoms with Gasteiger partial charge in [0.05, 0.1) is 5.92 Å². The molecule has 0 amide bonds. The topological polar surface area (TPSA) is 149 Å². The Morgan fingerprint density at radius 3 is 1.29 bits per heavy atom. The maximum absolute atomic E-state index is 10.8. The number of carboxylic acids is 4. The number of hydrogen-bond donors (Lipinski definition) is 4. The average Bonchev–Trinajstić information content (AvgIpc) is 2.10. The van der Waals surface area contributed by atoms with E-state index in [2.05, 4.69) is 0 Å². The van der Waals surface area contributed by atoms with E-state index in [1.807, 2.05) is 0 Å². The molecule has 0 radical (unpaired) electrons. The third kappa shape index (κ3) is 3.13. The van der Waals surface area contributed by atoms with Crippen molar-refractivity contribution in [2.75, 3.05) is 0 Å². The fourth-order valence-electron chi connectivity index (χ4n) is 1.39. The Kier molecular flexibility index (Phi) is 7.52. The van der Waals surface area contributed by atoms with Crippen molar-refractivity contribution in [3.8, 4) is 0 Å². The molecule has 1 unspecified atom stereocenters. The summed E-state index contributed by atoms with van der Waals surface area (Å²) in [6, 6.07) is 0. The summed E-state index contributed by atoms with van der Waals surface area (Å²) in [5, 5.41) is 34.7. The molecule has 0 heterocycles. The summed E-state index contributed by atoms with van der Waals surface area (Å²) in [7, 11) is 0. The van der Waals surface area contributed by atoms with Gasteiger partial charge in [0.1, 0.15) is 0 Å². The summed E-state index contributed by atoms with van der Waals surface area (Å²) in [4.78, 5) is 43.1. The largest absolute Gasteiger partial charge is 0.481 e. The van der Waals surface area contributed by atoms with Crippen LogP contribution in [0.25, 0.3) is 0 Å². The van der Waals surface area contributed by atoms with Crippen LogP contribution in [0.3, 0.4) is 0 Å². The Morgan fingerprint density at radius 2 is 1.24 bits per heavy atom. The molecular formula is C8H10CeO8. The van der Waals surface area contributed by atoms with Gasteiger partial charge in [-0.05, 0) is 6.42 Å². The van der Waals surface area contributed by atoms with Crippen molar-refractivity contribution in [2.24, 2.45) is 11.3 Å². The summed E-state index contributed by atoms with van der Waals surface area (Å²) in [6.45, 7) is 1.20. The van der Waals surface area contributed by atoms with Gasteiger partial charge in [-0.1, -0.05) is 6.92 Å². The Balaban J connectivity index is 0. The zero-order valence-corrected chi connectivity index (χ0v) is 11.8. The second kappa shape index (κ2) is 6.86. The van der Waals surface area contributed by atoms with Gasteiger partial charge in [0.15, 0.2) is 0 Å². The quantitative estimate of drug-likeness (QED) is 0.448. The number of hydrogen-bond acceptors (Lipinski definition) is 4. The van der Waals surface area contributed by atoms with Gasteiger partial charge in [-0.25, -0.2) is 0 Å². The van der Waals surface area contributed by atoms with Crippen LogP contribution >= 0.6 is 0 Å². The second-order valence-corrected chi connectivity index (χ2v) is 3.02. The van der Waals surface area contributed by atoms with E-state index >= 15 is 0 Å². The molecule has 1 atom stereocenters. The van der Waals surface area contributed by atoms with Crippen molar-refractivity contribution in [2.45, 2.75) is 13.3 Å². The van der Waals surface area contributed by atoms with E-state index in [1.54, 1.807) is 0 Å². The van der Waals surface area contributed by atoms with E-state index in [0.29, 0.717) is 0 Å². The minimum atomic E-state index is -3.36. The number of carbonyl (C=O) groups is 4.